The van der Waals surface area contributed by atoms with Crippen LogP contribution in [-0.4, -0.2) is 79.7 Å². The van der Waals surface area contributed by atoms with Crippen molar-refractivity contribution in [2.24, 2.45) is 0 Å². The van der Waals surface area contributed by atoms with Crippen molar-refractivity contribution in [2.45, 2.75) is 32.2 Å². The van der Waals surface area contributed by atoms with E-state index in [-0.39, 0.29) is 11.3 Å². The number of Topliss-reactive ketones (excluding diaryl/α,β-unsaturated/α-hetero) is 1. The van der Waals surface area contributed by atoms with E-state index < -0.39 is 17.7 Å². The predicted molar refractivity (Wildman–Crippen MR) is 141 cm³/mol. The van der Waals surface area contributed by atoms with Crippen molar-refractivity contribution in [1.29, 1.82) is 0 Å². The highest BCUT2D eigenvalue weighted by molar-refractivity contribution is 6.46. The zero-order valence-electron chi connectivity index (χ0n) is 21.7. The van der Waals surface area contributed by atoms with Crippen LogP contribution in [0.4, 0.5) is 0 Å². The van der Waals surface area contributed by atoms with E-state index in [0.717, 1.165) is 32.5 Å². The van der Waals surface area contributed by atoms with Crippen LogP contribution in [0.25, 0.3) is 5.76 Å². The standard InChI is InChI=1S/C29H36N2O6/c1-3-4-16-37-24-11-6-9-22(20-24)27(32)25-26(21-8-5-10-23(19-21)35-2)31(29(34)28(25)33)13-7-12-30-14-17-36-18-15-30/h5-6,8-11,19-20,26,32H,3-4,7,12-18H2,1-2H3. The van der Waals surface area contributed by atoms with Crippen molar-refractivity contribution < 1.29 is 28.9 Å². The van der Waals surface area contributed by atoms with Gasteiger partial charge >= 0.3 is 0 Å². The lowest BCUT2D eigenvalue weighted by atomic mass is 9.95. The molecule has 0 aliphatic carbocycles. The molecule has 2 aliphatic rings. The van der Waals surface area contributed by atoms with Crippen LogP contribution in [0.15, 0.2) is 54.1 Å². The first-order valence-electron chi connectivity index (χ1n) is 13.0. The van der Waals surface area contributed by atoms with Crippen molar-refractivity contribution in [3.05, 3.63) is 65.2 Å². The largest absolute Gasteiger partial charge is 0.507 e. The van der Waals surface area contributed by atoms with Gasteiger partial charge in [0, 0.05) is 31.7 Å². The van der Waals surface area contributed by atoms with E-state index in [0.29, 0.717) is 55.4 Å². The lowest BCUT2D eigenvalue weighted by molar-refractivity contribution is -0.140. The smallest absolute Gasteiger partial charge is 0.295 e. The number of ether oxygens (including phenoxy) is 3. The molecular formula is C29H36N2O6. The number of hydrogen-bond acceptors (Lipinski definition) is 7. The molecule has 0 spiro atoms. The second-order valence-electron chi connectivity index (χ2n) is 9.31. The summed E-state index contributed by atoms with van der Waals surface area (Å²) in [5, 5.41) is 11.4. The Kier molecular flexibility index (Phi) is 9.19. The van der Waals surface area contributed by atoms with Gasteiger partial charge in [-0.1, -0.05) is 37.6 Å². The van der Waals surface area contributed by atoms with E-state index in [1.54, 1.807) is 30.2 Å². The Hall–Kier alpha value is -3.36. The summed E-state index contributed by atoms with van der Waals surface area (Å²) < 4.78 is 16.6. The van der Waals surface area contributed by atoms with Gasteiger partial charge in [-0.05, 0) is 42.7 Å². The van der Waals surface area contributed by atoms with Gasteiger partial charge in [0.15, 0.2) is 0 Å². The number of likely N-dealkylation sites (tertiary alicyclic amines) is 1. The number of carbonyl (C=O) groups excluding carboxylic acids is 2. The minimum Gasteiger partial charge on any atom is -0.507 e. The molecular weight excluding hydrogens is 472 g/mol. The summed E-state index contributed by atoms with van der Waals surface area (Å²) in [4.78, 5) is 30.5. The highest BCUT2D eigenvalue weighted by Gasteiger charge is 2.46. The number of methoxy groups -OCH3 is 1. The molecule has 4 rings (SSSR count). The number of amides is 1. The third-order valence-electron chi connectivity index (χ3n) is 6.80. The van der Waals surface area contributed by atoms with Crippen molar-refractivity contribution in [1.82, 2.24) is 9.80 Å². The van der Waals surface area contributed by atoms with Crippen LogP contribution in [0.1, 0.15) is 43.4 Å². The Labute approximate surface area is 218 Å². The Morgan fingerprint density at radius 1 is 1.03 bits per heavy atom. The molecule has 8 heteroatoms. The second kappa shape index (κ2) is 12.7. The molecule has 198 valence electrons. The first kappa shape index (κ1) is 26.7. The minimum atomic E-state index is -0.718. The van der Waals surface area contributed by atoms with Crippen LogP contribution < -0.4 is 9.47 Å². The van der Waals surface area contributed by atoms with Crippen molar-refractivity contribution in [3.63, 3.8) is 0 Å². The van der Waals surface area contributed by atoms with Crippen LogP contribution in [0.5, 0.6) is 11.5 Å². The van der Waals surface area contributed by atoms with E-state index in [1.165, 1.54) is 0 Å². The second-order valence-corrected chi connectivity index (χ2v) is 9.31. The molecule has 0 aromatic heterocycles. The van der Waals surface area contributed by atoms with E-state index in [1.807, 2.05) is 30.3 Å². The number of aliphatic hydroxyl groups is 1. The fourth-order valence-corrected chi connectivity index (χ4v) is 4.78. The molecule has 0 bridgehead atoms. The van der Waals surface area contributed by atoms with Crippen LogP contribution in [0.3, 0.4) is 0 Å². The Balaban J connectivity index is 1.66. The molecule has 0 saturated carbocycles. The van der Waals surface area contributed by atoms with Crippen LogP contribution in [0, 0.1) is 0 Å². The predicted octanol–water partition coefficient (Wildman–Crippen LogP) is 4.02. The molecule has 1 unspecified atom stereocenters. The molecule has 2 heterocycles. The monoisotopic (exact) mass is 508 g/mol. The first-order chi connectivity index (χ1) is 18.0. The van der Waals surface area contributed by atoms with E-state index in [4.69, 9.17) is 14.2 Å². The molecule has 2 aromatic rings. The lowest BCUT2D eigenvalue weighted by Gasteiger charge is -2.29. The molecule has 1 N–H and O–H groups in total. The fraction of sp³-hybridized carbons (Fsp3) is 0.448. The number of rotatable bonds is 11. The summed E-state index contributed by atoms with van der Waals surface area (Å²) in [6, 6.07) is 13.6. The Morgan fingerprint density at radius 2 is 1.78 bits per heavy atom. The van der Waals surface area contributed by atoms with Crippen molar-refractivity contribution >= 4 is 17.4 Å². The number of carbonyl (C=O) groups is 2. The summed E-state index contributed by atoms with van der Waals surface area (Å²) in [5.74, 6) is -0.276. The topological polar surface area (TPSA) is 88.5 Å². The van der Waals surface area contributed by atoms with Gasteiger partial charge in [0.2, 0.25) is 0 Å². The van der Waals surface area contributed by atoms with Gasteiger partial charge in [0.1, 0.15) is 17.3 Å². The number of benzene rings is 2. The lowest BCUT2D eigenvalue weighted by Crippen LogP contribution is -2.38. The fourth-order valence-electron chi connectivity index (χ4n) is 4.78. The summed E-state index contributed by atoms with van der Waals surface area (Å²) in [7, 11) is 1.57. The van der Waals surface area contributed by atoms with Gasteiger partial charge < -0.3 is 24.2 Å². The maximum atomic E-state index is 13.3. The maximum absolute atomic E-state index is 13.3. The molecule has 8 nitrogen and oxygen atoms in total. The SMILES string of the molecule is CCCCOc1cccc(C(O)=C2C(=O)C(=O)N(CCCN3CCOCC3)C2c2cccc(OC)c2)c1. The normalized spacial score (nSPS) is 19.8. The van der Waals surface area contributed by atoms with Gasteiger partial charge in [-0.3, -0.25) is 14.5 Å². The average molecular weight is 509 g/mol. The van der Waals surface area contributed by atoms with Gasteiger partial charge in [-0.15, -0.1) is 0 Å². The van der Waals surface area contributed by atoms with Gasteiger partial charge in [0.05, 0.1) is 38.5 Å². The zero-order chi connectivity index (χ0) is 26.2. The molecule has 2 fully saturated rings. The highest BCUT2D eigenvalue weighted by Crippen LogP contribution is 2.40. The number of ketones is 1. The molecule has 1 atom stereocenters. The molecule has 1 amide bonds. The number of unbranched alkanes of at least 4 members (excludes halogenated alkanes) is 1. The Bertz CT molecular complexity index is 1120. The van der Waals surface area contributed by atoms with Gasteiger partial charge in [-0.2, -0.15) is 0 Å². The molecule has 2 aliphatic heterocycles. The number of morpholine rings is 1. The minimum absolute atomic E-state index is 0.0790. The quantitative estimate of drug-likeness (QED) is 0.212. The first-order valence-corrected chi connectivity index (χ1v) is 13.0. The van der Waals surface area contributed by atoms with Crippen molar-refractivity contribution in [3.8, 4) is 11.5 Å². The third kappa shape index (κ3) is 6.32. The summed E-state index contributed by atoms with van der Waals surface area (Å²) in [6.07, 6.45) is 2.63. The summed E-state index contributed by atoms with van der Waals surface area (Å²) in [5.41, 5.74) is 1.23. The number of aliphatic hydroxyl groups excluding tert-OH is 1. The van der Waals surface area contributed by atoms with E-state index >= 15 is 0 Å². The molecule has 2 aromatic carbocycles. The van der Waals surface area contributed by atoms with E-state index in [9.17, 15) is 14.7 Å². The van der Waals surface area contributed by atoms with Gasteiger partial charge in [0.25, 0.3) is 11.7 Å². The third-order valence-corrected chi connectivity index (χ3v) is 6.80. The summed E-state index contributed by atoms with van der Waals surface area (Å²) >= 11 is 0. The number of nitrogens with zero attached hydrogens (tertiary/aromatic N) is 2. The van der Waals surface area contributed by atoms with E-state index in [2.05, 4.69) is 11.8 Å². The number of hydrogen-bond donors (Lipinski definition) is 1. The van der Waals surface area contributed by atoms with Crippen LogP contribution in [-0.2, 0) is 14.3 Å². The molecule has 37 heavy (non-hydrogen) atoms. The van der Waals surface area contributed by atoms with Crippen molar-refractivity contribution in [2.75, 3.05) is 53.1 Å². The Morgan fingerprint density at radius 3 is 2.54 bits per heavy atom. The highest BCUT2D eigenvalue weighted by atomic mass is 16.5. The van der Waals surface area contributed by atoms with Crippen LogP contribution in [0.2, 0.25) is 0 Å². The average Bonchev–Trinajstić information content (AvgIpc) is 3.18. The molecule has 0 radical (unpaired) electrons. The van der Waals surface area contributed by atoms with Gasteiger partial charge in [-0.25, -0.2) is 0 Å². The zero-order valence-corrected chi connectivity index (χ0v) is 21.7. The molecule has 2 saturated heterocycles. The maximum Gasteiger partial charge on any atom is 0.295 e. The summed E-state index contributed by atoms with van der Waals surface area (Å²) in [6.45, 7) is 6.96. The van der Waals surface area contributed by atoms with Crippen LogP contribution >= 0.6 is 0 Å².